The lowest BCUT2D eigenvalue weighted by Gasteiger charge is -2.43. The van der Waals surface area contributed by atoms with Gasteiger partial charge >= 0.3 is 0 Å². The van der Waals surface area contributed by atoms with Gasteiger partial charge < -0.3 is 14.7 Å². The summed E-state index contributed by atoms with van der Waals surface area (Å²) in [6.45, 7) is 3.92. The maximum Gasteiger partial charge on any atom is 0.0579 e. The molecule has 94 valence electrons. The Balaban J connectivity index is 1.72. The summed E-state index contributed by atoms with van der Waals surface area (Å²) in [7, 11) is 2.18. The van der Waals surface area contributed by atoms with Gasteiger partial charge in [0.15, 0.2) is 0 Å². The van der Waals surface area contributed by atoms with Gasteiger partial charge in [0.25, 0.3) is 0 Å². The minimum atomic E-state index is 0.0451. The molecule has 0 radical (unpaired) electrons. The van der Waals surface area contributed by atoms with Crippen LogP contribution in [0.5, 0.6) is 0 Å². The highest BCUT2D eigenvalue weighted by Crippen LogP contribution is 2.29. The topological polar surface area (TPSA) is 32.7 Å². The van der Waals surface area contributed by atoms with Gasteiger partial charge in [0.1, 0.15) is 0 Å². The van der Waals surface area contributed by atoms with Crippen molar-refractivity contribution in [3.63, 3.8) is 0 Å². The molecular weight excluding hydrogens is 202 g/mol. The zero-order valence-corrected chi connectivity index (χ0v) is 10.5. The third kappa shape index (κ3) is 2.96. The molecule has 0 aromatic carbocycles. The Morgan fingerprint density at radius 2 is 1.94 bits per heavy atom. The molecule has 0 atom stereocenters. The van der Waals surface area contributed by atoms with E-state index in [4.69, 9.17) is 4.74 Å². The van der Waals surface area contributed by atoms with E-state index in [9.17, 15) is 5.11 Å². The lowest BCUT2D eigenvalue weighted by molar-refractivity contribution is -0.147. The van der Waals surface area contributed by atoms with E-state index in [2.05, 4.69) is 11.9 Å². The normalized spacial score (nSPS) is 25.7. The van der Waals surface area contributed by atoms with E-state index in [1.54, 1.807) is 0 Å². The summed E-state index contributed by atoms with van der Waals surface area (Å²) in [5, 5.41) is 9.38. The smallest absolute Gasteiger partial charge is 0.0579 e. The first-order valence-electron chi connectivity index (χ1n) is 6.61. The molecule has 2 aliphatic rings. The lowest BCUT2D eigenvalue weighted by Crippen LogP contribution is -2.53. The first-order chi connectivity index (χ1) is 7.74. The Bertz CT molecular complexity index is 204. The highest BCUT2D eigenvalue weighted by atomic mass is 16.5. The van der Waals surface area contributed by atoms with Crippen molar-refractivity contribution in [3.8, 4) is 0 Å². The van der Waals surface area contributed by atoms with Crippen molar-refractivity contribution in [2.75, 3.05) is 40.0 Å². The summed E-state index contributed by atoms with van der Waals surface area (Å²) < 4.78 is 5.23. The van der Waals surface area contributed by atoms with Gasteiger partial charge in [0.2, 0.25) is 0 Å². The molecule has 1 aliphatic carbocycles. The Kier molecular flexibility index (Phi) is 4.22. The minimum absolute atomic E-state index is 0.0451. The molecule has 2 fully saturated rings. The van der Waals surface area contributed by atoms with Crippen LogP contribution in [0.1, 0.15) is 32.1 Å². The minimum Gasteiger partial charge on any atom is -0.396 e. The Morgan fingerprint density at radius 3 is 2.44 bits per heavy atom. The molecule has 2 rings (SSSR count). The van der Waals surface area contributed by atoms with Gasteiger partial charge in [-0.25, -0.2) is 0 Å². The monoisotopic (exact) mass is 227 g/mol. The molecule has 16 heavy (non-hydrogen) atoms. The molecule has 1 heterocycles. The van der Waals surface area contributed by atoms with Crippen LogP contribution in [0.25, 0.3) is 0 Å². The lowest BCUT2D eigenvalue weighted by atomic mass is 9.85. The zero-order valence-electron chi connectivity index (χ0n) is 10.5. The van der Waals surface area contributed by atoms with Gasteiger partial charge in [-0.05, 0) is 25.8 Å². The van der Waals surface area contributed by atoms with Crippen molar-refractivity contribution in [1.29, 1.82) is 0 Å². The average molecular weight is 227 g/mol. The molecule has 1 saturated carbocycles. The predicted molar refractivity (Wildman–Crippen MR) is 64.4 cm³/mol. The van der Waals surface area contributed by atoms with Crippen LogP contribution < -0.4 is 0 Å². The Morgan fingerprint density at radius 1 is 1.25 bits per heavy atom. The second-order valence-electron chi connectivity index (χ2n) is 5.85. The van der Waals surface area contributed by atoms with E-state index in [1.165, 1.54) is 38.6 Å². The highest BCUT2D eigenvalue weighted by Gasteiger charge is 2.39. The van der Waals surface area contributed by atoms with Gasteiger partial charge in [0, 0.05) is 13.1 Å². The summed E-state index contributed by atoms with van der Waals surface area (Å²) in [6.07, 6.45) is 7.04. The number of nitrogens with zero attached hydrogens (tertiary/aromatic N) is 1. The van der Waals surface area contributed by atoms with Crippen molar-refractivity contribution >= 4 is 0 Å². The van der Waals surface area contributed by atoms with E-state index in [-0.39, 0.29) is 12.0 Å². The number of aliphatic hydroxyl groups excluding tert-OH is 1. The zero-order chi connectivity index (χ0) is 11.4. The summed E-state index contributed by atoms with van der Waals surface area (Å²) in [5.74, 6) is 0.885. The molecule has 1 saturated heterocycles. The van der Waals surface area contributed by atoms with Crippen LogP contribution in [0, 0.1) is 11.3 Å². The maximum atomic E-state index is 9.38. The van der Waals surface area contributed by atoms with Crippen molar-refractivity contribution < 1.29 is 9.84 Å². The number of ether oxygens (including phenoxy) is 1. The molecule has 0 unspecified atom stereocenters. The summed E-state index contributed by atoms with van der Waals surface area (Å²) in [4.78, 5) is 2.40. The van der Waals surface area contributed by atoms with Crippen LogP contribution in [0.3, 0.4) is 0 Å². The fourth-order valence-corrected chi connectivity index (χ4v) is 3.07. The van der Waals surface area contributed by atoms with Gasteiger partial charge in [-0.2, -0.15) is 0 Å². The van der Waals surface area contributed by atoms with Gasteiger partial charge in [-0.15, -0.1) is 0 Å². The third-order valence-corrected chi connectivity index (χ3v) is 4.05. The van der Waals surface area contributed by atoms with E-state index in [0.717, 1.165) is 25.7 Å². The Hall–Kier alpha value is -0.120. The molecule has 1 aliphatic heterocycles. The van der Waals surface area contributed by atoms with Gasteiger partial charge in [0.05, 0.1) is 25.2 Å². The second-order valence-corrected chi connectivity index (χ2v) is 5.85. The first-order valence-corrected chi connectivity index (χ1v) is 6.61. The van der Waals surface area contributed by atoms with E-state index in [0.29, 0.717) is 0 Å². The van der Waals surface area contributed by atoms with Crippen LogP contribution in [0.15, 0.2) is 0 Å². The van der Waals surface area contributed by atoms with Crippen LogP contribution in [-0.4, -0.2) is 50.0 Å². The van der Waals surface area contributed by atoms with Crippen molar-refractivity contribution in [2.24, 2.45) is 11.3 Å². The largest absolute Gasteiger partial charge is 0.396 e. The van der Waals surface area contributed by atoms with Gasteiger partial charge in [-0.3, -0.25) is 0 Å². The van der Waals surface area contributed by atoms with E-state index in [1.807, 2.05) is 0 Å². The fraction of sp³-hybridized carbons (Fsp3) is 1.00. The van der Waals surface area contributed by atoms with Crippen molar-refractivity contribution in [2.45, 2.75) is 32.1 Å². The summed E-state index contributed by atoms with van der Waals surface area (Å²) >= 11 is 0. The summed E-state index contributed by atoms with van der Waals surface area (Å²) in [6, 6.07) is 0. The van der Waals surface area contributed by atoms with Crippen molar-refractivity contribution in [3.05, 3.63) is 0 Å². The molecule has 1 N–H and O–H groups in total. The average Bonchev–Trinajstić information content (AvgIpc) is 2.25. The quantitative estimate of drug-likeness (QED) is 0.772. The maximum absolute atomic E-state index is 9.38. The van der Waals surface area contributed by atoms with Crippen LogP contribution >= 0.6 is 0 Å². The molecule has 0 amide bonds. The van der Waals surface area contributed by atoms with E-state index >= 15 is 0 Å². The highest BCUT2D eigenvalue weighted by molar-refractivity contribution is 4.88. The molecular formula is C13H25NO2. The molecule has 0 bridgehead atoms. The molecule has 3 nitrogen and oxygen atoms in total. The van der Waals surface area contributed by atoms with Crippen LogP contribution in [0.4, 0.5) is 0 Å². The fourth-order valence-electron chi connectivity index (χ4n) is 3.07. The number of hydrogen-bond acceptors (Lipinski definition) is 3. The molecule has 0 spiro atoms. The number of hydrogen-bond donors (Lipinski definition) is 1. The molecule has 3 heteroatoms. The number of aliphatic hydroxyl groups is 1. The van der Waals surface area contributed by atoms with Crippen LogP contribution in [-0.2, 0) is 4.74 Å². The van der Waals surface area contributed by atoms with Crippen LogP contribution in [0.2, 0.25) is 0 Å². The second kappa shape index (κ2) is 5.48. The van der Waals surface area contributed by atoms with Gasteiger partial charge in [-0.1, -0.05) is 19.3 Å². The van der Waals surface area contributed by atoms with E-state index < -0.39 is 0 Å². The molecule has 0 aromatic rings. The standard InChI is InChI=1S/C13H25NO2/c1-14(7-12-5-3-2-4-6-12)8-13(9-15)10-16-11-13/h12,15H,2-11H2,1H3. The SMILES string of the molecule is CN(CC1CCCCC1)CC1(CO)COC1. The third-order valence-electron chi connectivity index (χ3n) is 4.05. The Labute approximate surface area is 98.8 Å². The predicted octanol–water partition coefficient (Wildman–Crippen LogP) is 1.51. The number of rotatable bonds is 5. The molecule has 0 aromatic heterocycles. The van der Waals surface area contributed by atoms with Crippen molar-refractivity contribution in [1.82, 2.24) is 4.90 Å². The summed E-state index contributed by atoms with van der Waals surface area (Å²) in [5.41, 5.74) is 0.0451. The first kappa shape index (κ1) is 12.3.